The van der Waals surface area contributed by atoms with Crippen molar-refractivity contribution in [1.82, 2.24) is 0 Å². The standard InChI is InChI=1S/C11H11F3N2O2/c1-5-4-18-9-7(15)2-6(11(12,13)14)3-8(9)16-10(5)17/h2-3,5H,4,15H2,1H3,(H,16,17). The van der Waals surface area contributed by atoms with Gasteiger partial charge in [0.25, 0.3) is 0 Å². The summed E-state index contributed by atoms with van der Waals surface area (Å²) in [6.45, 7) is 1.69. The minimum absolute atomic E-state index is 0.0447. The fraction of sp³-hybridized carbons (Fsp3) is 0.364. The number of benzene rings is 1. The number of fused-ring (bicyclic) bond motifs is 1. The molecular formula is C11H11F3N2O2. The van der Waals surface area contributed by atoms with Gasteiger partial charge in [0.15, 0.2) is 5.75 Å². The number of carbonyl (C=O) groups is 1. The first-order chi connectivity index (χ1) is 8.29. The van der Waals surface area contributed by atoms with Crippen LogP contribution in [0, 0.1) is 5.92 Å². The van der Waals surface area contributed by atoms with Crippen molar-refractivity contribution in [2.75, 3.05) is 17.7 Å². The minimum atomic E-state index is -4.52. The molecule has 0 saturated carbocycles. The second-order valence-corrected chi connectivity index (χ2v) is 4.14. The normalized spacial score (nSPS) is 19.6. The van der Waals surface area contributed by atoms with Crippen LogP contribution in [0.1, 0.15) is 12.5 Å². The van der Waals surface area contributed by atoms with Gasteiger partial charge in [-0.1, -0.05) is 6.92 Å². The van der Waals surface area contributed by atoms with E-state index in [2.05, 4.69) is 5.32 Å². The Kier molecular flexibility index (Phi) is 2.84. The van der Waals surface area contributed by atoms with Gasteiger partial charge in [0, 0.05) is 0 Å². The maximum atomic E-state index is 12.6. The third-order valence-corrected chi connectivity index (χ3v) is 2.63. The van der Waals surface area contributed by atoms with Gasteiger partial charge < -0.3 is 15.8 Å². The molecule has 0 bridgehead atoms. The summed E-state index contributed by atoms with van der Waals surface area (Å²) in [7, 11) is 0. The monoisotopic (exact) mass is 260 g/mol. The van der Waals surface area contributed by atoms with Gasteiger partial charge in [-0.25, -0.2) is 0 Å². The highest BCUT2D eigenvalue weighted by molar-refractivity contribution is 5.96. The third-order valence-electron chi connectivity index (χ3n) is 2.63. The highest BCUT2D eigenvalue weighted by Gasteiger charge is 2.33. The zero-order valence-electron chi connectivity index (χ0n) is 9.47. The topological polar surface area (TPSA) is 64.3 Å². The number of carbonyl (C=O) groups excluding carboxylic acids is 1. The summed E-state index contributed by atoms with van der Waals surface area (Å²) in [5.74, 6) is -0.765. The number of anilines is 2. The Hall–Kier alpha value is -1.92. The number of ether oxygens (including phenoxy) is 1. The van der Waals surface area contributed by atoms with Crippen molar-refractivity contribution in [3.05, 3.63) is 17.7 Å². The number of hydrogen-bond acceptors (Lipinski definition) is 3. The van der Waals surface area contributed by atoms with Crippen molar-refractivity contribution >= 4 is 17.3 Å². The van der Waals surface area contributed by atoms with Crippen LogP contribution < -0.4 is 15.8 Å². The highest BCUT2D eigenvalue weighted by Crippen LogP contribution is 2.40. The van der Waals surface area contributed by atoms with Crippen LogP contribution >= 0.6 is 0 Å². The lowest BCUT2D eigenvalue weighted by Crippen LogP contribution is -2.22. The summed E-state index contributed by atoms with van der Waals surface area (Å²) in [6, 6.07) is 1.61. The molecule has 0 aromatic heterocycles. The Morgan fingerprint density at radius 3 is 2.72 bits per heavy atom. The molecule has 1 amide bonds. The molecule has 1 aliphatic heterocycles. The number of nitrogens with two attached hydrogens (primary N) is 1. The first-order valence-corrected chi connectivity index (χ1v) is 5.23. The molecule has 4 nitrogen and oxygen atoms in total. The third kappa shape index (κ3) is 2.20. The lowest BCUT2D eigenvalue weighted by atomic mass is 10.1. The van der Waals surface area contributed by atoms with Crippen molar-refractivity contribution in [3.63, 3.8) is 0 Å². The number of hydrogen-bond donors (Lipinski definition) is 2. The smallest absolute Gasteiger partial charge is 0.416 e. The van der Waals surface area contributed by atoms with E-state index >= 15 is 0 Å². The largest absolute Gasteiger partial charge is 0.488 e. The van der Waals surface area contributed by atoms with E-state index in [0.29, 0.717) is 0 Å². The second kappa shape index (κ2) is 4.08. The van der Waals surface area contributed by atoms with Gasteiger partial charge in [-0.15, -0.1) is 0 Å². The van der Waals surface area contributed by atoms with Gasteiger partial charge in [0.2, 0.25) is 5.91 Å². The van der Waals surface area contributed by atoms with E-state index in [-0.39, 0.29) is 23.7 Å². The Morgan fingerprint density at radius 1 is 1.44 bits per heavy atom. The Bertz CT molecular complexity index is 500. The first kappa shape index (κ1) is 12.5. The van der Waals surface area contributed by atoms with Crippen LogP contribution in [0.4, 0.5) is 24.5 Å². The minimum Gasteiger partial charge on any atom is -0.488 e. The molecular weight excluding hydrogens is 249 g/mol. The maximum Gasteiger partial charge on any atom is 0.416 e. The summed E-state index contributed by atoms with van der Waals surface area (Å²) >= 11 is 0. The van der Waals surface area contributed by atoms with E-state index in [1.807, 2.05) is 0 Å². The van der Waals surface area contributed by atoms with Crippen LogP contribution in [-0.2, 0) is 11.0 Å². The molecule has 2 rings (SSSR count). The van der Waals surface area contributed by atoms with Crippen LogP contribution in [-0.4, -0.2) is 12.5 Å². The molecule has 18 heavy (non-hydrogen) atoms. The zero-order valence-corrected chi connectivity index (χ0v) is 9.47. The van der Waals surface area contributed by atoms with Gasteiger partial charge in [0.05, 0.1) is 29.5 Å². The van der Waals surface area contributed by atoms with E-state index in [9.17, 15) is 18.0 Å². The molecule has 98 valence electrons. The van der Waals surface area contributed by atoms with Gasteiger partial charge >= 0.3 is 6.18 Å². The van der Waals surface area contributed by atoms with Crippen LogP contribution in [0.25, 0.3) is 0 Å². The summed E-state index contributed by atoms with van der Waals surface area (Å²) in [5.41, 5.74) is 4.41. The summed E-state index contributed by atoms with van der Waals surface area (Å²) in [4.78, 5) is 11.5. The van der Waals surface area contributed by atoms with E-state index in [1.54, 1.807) is 6.92 Å². The Balaban J connectivity index is 2.50. The quantitative estimate of drug-likeness (QED) is 0.703. The van der Waals surface area contributed by atoms with Crippen molar-refractivity contribution < 1.29 is 22.7 Å². The fourth-order valence-corrected chi connectivity index (χ4v) is 1.61. The first-order valence-electron chi connectivity index (χ1n) is 5.23. The molecule has 7 heteroatoms. The molecule has 0 radical (unpaired) electrons. The van der Waals surface area contributed by atoms with Crippen LogP contribution in [0.3, 0.4) is 0 Å². The van der Waals surface area contributed by atoms with Crippen molar-refractivity contribution in [2.24, 2.45) is 5.92 Å². The molecule has 1 aliphatic rings. The predicted octanol–water partition coefficient (Wildman–Crippen LogP) is 2.25. The van der Waals surface area contributed by atoms with E-state index in [1.165, 1.54) is 0 Å². The number of amides is 1. The molecule has 1 aromatic rings. The molecule has 0 saturated heterocycles. The lowest BCUT2D eigenvalue weighted by Gasteiger charge is -2.14. The van der Waals surface area contributed by atoms with E-state index in [4.69, 9.17) is 10.5 Å². The Labute approximate surface area is 101 Å². The van der Waals surface area contributed by atoms with E-state index in [0.717, 1.165) is 12.1 Å². The van der Waals surface area contributed by atoms with E-state index < -0.39 is 23.6 Å². The van der Waals surface area contributed by atoms with Crippen molar-refractivity contribution in [3.8, 4) is 5.75 Å². The molecule has 3 N–H and O–H groups in total. The summed E-state index contributed by atoms with van der Waals surface area (Å²) in [6.07, 6.45) is -4.52. The zero-order chi connectivity index (χ0) is 13.5. The predicted molar refractivity (Wildman–Crippen MR) is 59.1 cm³/mol. The number of rotatable bonds is 0. The van der Waals surface area contributed by atoms with Crippen LogP contribution in [0.15, 0.2) is 12.1 Å². The van der Waals surface area contributed by atoms with Crippen LogP contribution in [0.5, 0.6) is 5.75 Å². The molecule has 1 aromatic carbocycles. The average molecular weight is 260 g/mol. The maximum absolute atomic E-state index is 12.6. The number of nitrogens with one attached hydrogen (secondary N) is 1. The average Bonchev–Trinajstić information content (AvgIpc) is 2.38. The van der Waals surface area contributed by atoms with Crippen molar-refractivity contribution in [1.29, 1.82) is 0 Å². The van der Waals surface area contributed by atoms with Crippen LogP contribution in [0.2, 0.25) is 0 Å². The number of halogens is 3. The number of nitrogen functional groups attached to an aromatic ring is 1. The SMILES string of the molecule is CC1COc2c(N)cc(C(F)(F)F)cc2NC1=O. The summed E-state index contributed by atoms with van der Waals surface area (Å²) in [5, 5.41) is 2.38. The lowest BCUT2D eigenvalue weighted by molar-refractivity contribution is -0.137. The number of alkyl halides is 3. The molecule has 1 unspecified atom stereocenters. The summed E-state index contributed by atoms with van der Waals surface area (Å²) < 4.78 is 43.1. The van der Waals surface area contributed by atoms with Gasteiger partial charge in [0.1, 0.15) is 0 Å². The highest BCUT2D eigenvalue weighted by atomic mass is 19.4. The Morgan fingerprint density at radius 2 is 2.11 bits per heavy atom. The van der Waals surface area contributed by atoms with Gasteiger partial charge in [-0.05, 0) is 12.1 Å². The second-order valence-electron chi connectivity index (χ2n) is 4.14. The molecule has 0 fully saturated rings. The molecule has 1 atom stereocenters. The van der Waals surface area contributed by atoms with Crippen molar-refractivity contribution in [2.45, 2.75) is 13.1 Å². The molecule has 0 aliphatic carbocycles. The molecule has 0 spiro atoms. The van der Waals surface area contributed by atoms with Gasteiger partial charge in [-0.3, -0.25) is 4.79 Å². The van der Waals surface area contributed by atoms with Gasteiger partial charge in [-0.2, -0.15) is 13.2 Å². The fourth-order valence-electron chi connectivity index (χ4n) is 1.61. The molecule has 1 heterocycles.